The molecular weight excluding hydrogens is 278 g/mol. The van der Waals surface area contributed by atoms with E-state index in [1.54, 1.807) is 15.5 Å². The van der Waals surface area contributed by atoms with Gasteiger partial charge in [0.25, 0.3) is 5.91 Å². The fraction of sp³-hybridized carbons (Fsp3) is 0.429. The number of piperidine rings is 1. The van der Waals surface area contributed by atoms with Crippen molar-refractivity contribution in [2.24, 2.45) is 5.92 Å². The van der Waals surface area contributed by atoms with E-state index in [2.05, 4.69) is 4.98 Å². The van der Waals surface area contributed by atoms with Gasteiger partial charge in [-0.25, -0.2) is 4.98 Å². The summed E-state index contributed by atoms with van der Waals surface area (Å²) in [5.41, 5.74) is 1.09. The molecule has 3 rings (SSSR count). The summed E-state index contributed by atoms with van der Waals surface area (Å²) in [6.45, 7) is 1.50. The number of aromatic nitrogens is 2. The van der Waals surface area contributed by atoms with Crippen molar-refractivity contribution in [2.75, 3.05) is 19.7 Å². The highest BCUT2D eigenvalue weighted by Crippen LogP contribution is 2.23. The van der Waals surface area contributed by atoms with E-state index < -0.39 is 0 Å². The van der Waals surface area contributed by atoms with Crippen LogP contribution in [0.4, 0.5) is 0 Å². The first-order valence-electron chi connectivity index (χ1n) is 6.73. The molecule has 0 aliphatic carbocycles. The Bertz CT molecular complexity index is 632. The number of hydrogen-bond donors (Lipinski definition) is 1. The molecule has 0 unspecified atom stereocenters. The third kappa shape index (κ3) is 2.27. The summed E-state index contributed by atoms with van der Waals surface area (Å²) in [5, 5.41) is 9.39. The Morgan fingerprint density at radius 1 is 1.40 bits per heavy atom. The molecular formula is C14H16ClN3O2. The summed E-state index contributed by atoms with van der Waals surface area (Å²) in [6, 6.07) is 5.53. The van der Waals surface area contributed by atoms with Gasteiger partial charge in [-0.3, -0.25) is 9.20 Å². The van der Waals surface area contributed by atoms with Crippen LogP contribution in [0.5, 0.6) is 0 Å². The van der Waals surface area contributed by atoms with Crippen LogP contribution in [-0.4, -0.2) is 45.0 Å². The van der Waals surface area contributed by atoms with Gasteiger partial charge in [0.1, 0.15) is 5.65 Å². The normalized spacial score (nSPS) is 16.8. The summed E-state index contributed by atoms with van der Waals surface area (Å²) in [7, 11) is 0. The van der Waals surface area contributed by atoms with Crippen molar-refractivity contribution in [1.29, 1.82) is 0 Å². The number of rotatable bonds is 2. The molecule has 0 radical (unpaired) electrons. The second-order valence-corrected chi connectivity index (χ2v) is 5.46. The number of aliphatic hydroxyl groups excluding tert-OH is 1. The summed E-state index contributed by atoms with van der Waals surface area (Å²) in [4.78, 5) is 18.6. The number of halogens is 1. The molecule has 1 N–H and O–H groups in total. The number of hydrogen-bond acceptors (Lipinski definition) is 3. The molecule has 1 amide bonds. The van der Waals surface area contributed by atoms with Crippen LogP contribution in [0.3, 0.4) is 0 Å². The number of amides is 1. The molecule has 20 heavy (non-hydrogen) atoms. The predicted molar refractivity (Wildman–Crippen MR) is 75.9 cm³/mol. The van der Waals surface area contributed by atoms with E-state index in [-0.39, 0.29) is 17.7 Å². The molecule has 1 aliphatic heterocycles. The smallest absolute Gasteiger partial charge is 0.274 e. The summed E-state index contributed by atoms with van der Waals surface area (Å²) in [6.07, 6.45) is 3.45. The van der Waals surface area contributed by atoms with Gasteiger partial charge in [0.15, 0.2) is 10.8 Å². The van der Waals surface area contributed by atoms with Gasteiger partial charge in [0.05, 0.1) is 0 Å². The molecule has 106 valence electrons. The Morgan fingerprint density at radius 3 is 2.85 bits per heavy atom. The highest BCUT2D eigenvalue weighted by Gasteiger charge is 2.27. The van der Waals surface area contributed by atoms with Gasteiger partial charge in [-0.05, 0) is 30.9 Å². The zero-order valence-corrected chi connectivity index (χ0v) is 11.8. The van der Waals surface area contributed by atoms with Crippen LogP contribution in [0, 0.1) is 5.92 Å². The zero-order valence-electron chi connectivity index (χ0n) is 11.0. The first kappa shape index (κ1) is 13.4. The van der Waals surface area contributed by atoms with Gasteiger partial charge in [-0.15, -0.1) is 0 Å². The lowest BCUT2D eigenvalue weighted by Gasteiger charge is -2.31. The molecule has 2 aromatic heterocycles. The molecule has 1 saturated heterocycles. The number of pyridine rings is 1. The first-order valence-corrected chi connectivity index (χ1v) is 7.11. The number of aliphatic hydroxyl groups is 1. The minimum atomic E-state index is -0.0925. The van der Waals surface area contributed by atoms with Crippen LogP contribution in [0.25, 0.3) is 5.65 Å². The van der Waals surface area contributed by atoms with Crippen LogP contribution in [0.2, 0.25) is 5.15 Å². The Kier molecular flexibility index (Phi) is 3.63. The van der Waals surface area contributed by atoms with Crippen LogP contribution in [-0.2, 0) is 0 Å². The van der Waals surface area contributed by atoms with Crippen molar-refractivity contribution in [3.63, 3.8) is 0 Å². The van der Waals surface area contributed by atoms with Gasteiger partial charge >= 0.3 is 0 Å². The van der Waals surface area contributed by atoms with E-state index in [1.165, 1.54) is 0 Å². The van der Waals surface area contributed by atoms with E-state index in [0.717, 1.165) is 12.8 Å². The lowest BCUT2D eigenvalue weighted by atomic mass is 9.98. The number of carbonyl (C=O) groups excluding carboxylic acids is 1. The predicted octanol–water partition coefficient (Wildman–Crippen LogP) is 1.83. The van der Waals surface area contributed by atoms with E-state index >= 15 is 0 Å². The maximum atomic E-state index is 12.6. The topological polar surface area (TPSA) is 57.8 Å². The number of fused-ring (bicyclic) bond motifs is 1. The van der Waals surface area contributed by atoms with Crippen molar-refractivity contribution < 1.29 is 9.90 Å². The average Bonchev–Trinajstić information content (AvgIpc) is 2.82. The van der Waals surface area contributed by atoms with Crippen LogP contribution in [0.1, 0.15) is 23.3 Å². The second-order valence-electron chi connectivity index (χ2n) is 5.10. The molecule has 1 fully saturated rings. The van der Waals surface area contributed by atoms with Gasteiger partial charge in [-0.1, -0.05) is 17.7 Å². The molecule has 5 nitrogen and oxygen atoms in total. The summed E-state index contributed by atoms with van der Waals surface area (Å²) in [5.74, 6) is 0.210. The van der Waals surface area contributed by atoms with Crippen molar-refractivity contribution in [3.05, 3.63) is 35.2 Å². The Hall–Kier alpha value is -1.59. The third-order valence-corrected chi connectivity index (χ3v) is 4.11. The van der Waals surface area contributed by atoms with Crippen molar-refractivity contribution >= 4 is 23.2 Å². The fourth-order valence-corrected chi connectivity index (χ4v) is 2.89. The molecule has 2 aromatic rings. The Morgan fingerprint density at radius 2 is 2.15 bits per heavy atom. The molecule has 0 spiro atoms. The molecule has 0 saturated carbocycles. The number of likely N-dealkylation sites (tertiary alicyclic amines) is 1. The molecule has 0 atom stereocenters. The zero-order chi connectivity index (χ0) is 14.1. The maximum absolute atomic E-state index is 12.6. The van der Waals surface area contributed by atoms with Crippen LogP contribution in [0.15, 0.2) is 24.4 Å². The lowest BCUT2D eigenvalue weighted by Crippen LogP contribution is -2.39. The summed E-state index contributed by atoms with van der Waals surface area (Å²) >= 11 is 6.12. The molecule has 3 heterocycles. The third-order valence-electron chi connectivity index (χ3n) is 3.85. The monoisotopic (exact) mass is 293 g/mol. The molecule has 0 bridgehead atoms. The highest BCUT2D eigenvalue weighted by molar-refractivity contribution is 6.32. The lowest BCUT2D eigenvalue weighted by molar-refractivity contribution is 0.0644. The van der Waals surface area contributed by atoms with Crippen LogP contribution >= 0.6 is 11.6 Å². The van der Waals surface area contributed by atoms with Gasteiger partial charge < -0.3 is 10.0 Å². The average molecular weight is 294 g/mol. The van der Waals surface area contributed by atoms with E-state index in [0.29, 0.717) is 30.3 Å². The van der Waals surface area contributed by atoms with E-state index in [9.17, 15) is 4.79 Å². The minimum absolute atomic E-state index is 0.0925. The molecule has 1 aliphatic rings. The molecule has 0 aromatic carbocycles. The van der Waals surface area contributed by atoms with Crippen LogP contribution < -0.4 is 0 Å². The SMILES string of the molecule is O=C(c1c(Cl)nc2ccccn12)N1CCC(CO)CC1. The summed E-state index contributed by atoms with van der Waals surface area (Å²) < 4.78 is 1.72. The van der Waals surface area contributed by atoms with Crippen molar-refractivity contribution in [2.45, 2.75) is 12.8 Å². The van der Waals surface area contributed by atoms with Gasteiger partial charge in [0, 0.05) is 25.9 Å². The minimum Gasteiger partial charge on any atom is -0.396 e. The number of imidazole rings is 1. The Balaban J connectivity index is 1.88. The first-order chi connectivity index (χ1) is 9.70. The van der Waals surface area contributed by atoms with Crippen molar-refractivity contribution in [1.82, 2.24) is 14.3 Å². The Labute approximate surface area is 121 Å². The largest absolute Gasteiger partial charge is 0.396 e. The highest BCUT2D eigenvalue weighted by atomic mass is 35.5. The number of carbonyl (C=O) groups is 1. The van der Waals surface area contributed by atoms with E-state index in [1.807, 2.05) is 18.2 Å². The quantitative estimate of drug-likeness (QED) is 0.919. The van der Waals surface area contributed by atoms with Gasteiger partial charge in [0.2, 0.25) is 0 Å². The maximum Gasteiger partial charge on any atom is 0.274 e. The van der Waals surface area contributed by atoms with Crippen molar-refractivity contribution in [3.8, 4) is 0 Å². The molecule has 6 heteroatoms. The van der Waals surface area contributed by atoms with Gasteiger partial charge in [-0.2, -0.15) is 0 Å². The van der Waals surface area contributed by atoms with E-state index in [4.69, 9.17) is 16.7 Å². The standard InChI is InChI=1S/C14H16ClN3O2/c15-13-12(18-6-2-1-3-11(18)16-13)14(20)17-7-4-10(9-19)5-8-17/h1-3,6,10,19H,4-5,7-9H2. The number of nitrogens with zero attached hydrogens (tertiary/aromatic N) is 3. The second kappa shape index (κ2) is 5.42. The fourth-order valence-electron chi connectivity index (χ4n) is 2.63.